The number of hydrogen-bond acceptors (Lipinski definition) is 0. The molecule has 0 saturated heterocycles. The summed E-state index contributed by atoms with van der Waals surface area (Å²) in [5.74, 6) is 0. The SMILES string of the molecule is CCC[NH2+]CC.[I-].[I-]. The van der Waals surface area contributed by atoms with Crippen molar-refractivity contribution >= 4 is 0 Å². The van der Waals surface area contributed by atoms with Crippen LogP contribution in [0.15, 0.2) is 0 Å². The van der Waals surface area contributed by atoms with Gasteiger partial charge in [0.25, 0.3) is 0 Å². The molecule has 0 aromatic carbocycles. The molecule has 0 aliphatic heterocycles. The highest BCUT2D eigenvalue weighted by molar-refractivity contribution is 4.12. The fourth-order valence-corrected chi connectivity index (χ4v) is 0.408. The van der Waals surface area contributed by atoms with Gasteiger partial charge >= 0.3 is 0 Å². The van der Waals surface area contributed by atoms with E-state index >= 15 is 0 Å². The Morgan fingerprint density at radius 1 is 1.12 bits per heavy atom. The normalized spacial score (nSPS) is 6.75. The molecule has 0 fully saturated rings. The summed E-state index contributed by atoms with van der Waals surface area (Å²) in [5, 5.41) is 2.31. The molecule has 0 aromatic heterocycles. The second kappa shape index (κ2) is 15.8. The van der Waals surface area contributed by atoms with Crippen LogP contribution in [0.3, 0.4) is 0 Å². The molecule has 0 aliphatic rings. The highest BCUT2D eigenvalue weighted by Gasteiger charge is 1.75. The second-order valence-corrected chi connectivity index (χ2v) is 1.49. The lowest BCUT2D eigenvalue weighted by atomic mass is 10.5. The van der Waals surface area contributed by atoms with Gasteiger partial charge in [0.1, 0.15) is 0 Å². The average molecular weight is 342 g/mol. The molecule has 0 unspecified atom stereocenters. The zero-order valence-electron chi connectivity index (χ0n) is 5.45. The van der Waals surface area contributed by atoms with Gasteiger partial charge in [-0.3, -0.25) is 0 Å². The molecule has 3 heteroatoms. The van der Waals surface area contributed by atoms with E-state index in [1.54, 1.807) is 0 Å². The zero-order chi connectivity index (χ0) is 4.83. The summed E-state index contributed by atoms with van der Waals surface area (Å²) in [6, 6.07) is 0. The first-order chi connectivity index (χ1) is 2.91. The average Bonchev–Trinajstić information content (AvgIpc) is 1.61. The Morgan fingerprint density at radius 2 is 1.62 bits per heavy atom. The first-order valence-electron chi connectivity index (χ1n) is 2.73. The van der Waals surface area contributed by atoms with Gasteiger partial charge in [-0.1, -0.05) is 6.92 Å². The van der Waals surface area contributed by atoms with Gasteiger partial charge in [0.15, 0.2) is 0 Å². The number of nitrogens with two attached hydrogens (primary N) is 1. The summed E-state index contributed by atoms with van der Waals surface area (Å²) in [7, 11) is 0. The molecule has 1 nitrogen and oxygen atoms in total. The Kier molecular flexibility index (Phi) is 32.0. The van der Waals surface area contributed by atoms with E-state index < -0.39 is 0 Å². The Hall–Kier alpha value is 1.42. The van der Waals surface area contributed by atoms with Crippen LogP contribution in [-0.2, 0) is 0 Å². The Bertz CT molecular complexity index is 22.4. The molecule has 2 N–H and O–H groups in total. The van der Waals surface area contributed by atoms with E-state index in [0.717, 1.165) is 0 Å². The van der Waals surface area contributed by atoms with Gasteiger partial charge in [-0.2, -0.15) is 0 Å². The van der Waals surface area contributed by atoms with Crippen molar-refractivity contribution in [1.29, 1.82) is 0 Å². The summed E-state index contributed by atoms with van der Waals surface area (Å²) in [4.78, 5) is 0. The van der Waals surface area contributed by atoms with Crippen LogP contribution in [0.25, 0.3) is 0 Å². The quantitative estimate of drug-likeness (QED) is 0.389. The van der Waals surface area contributed by atoms with E-state index in [2.05, 4.69) is 19.2 Å². The summed E-state index contributed by atoms with van der Waals surface area (Å²) in [6.07, 6.45) is 1.30. The Labute approximate surface area is 86.0 Å². The van der Waals surface area contributed by atoms with Gasteiger partial charge in [0.05, 0.1) is 13.1 Å². The molecule has 0 aliphatic carbocycles. The highest BCUT2D eigenvalue weighted by Crippen LogP contribution is 1.57. The highest BCUT2D eigenvalue weighted by atomic mass is 127. The van der Waals surface area contributed by atoms with Crippen LogP contribution in [0.2, 0.25) is 0 Å². The van der Waals surface area contributed by atoms with Crippen molar-refractivity contribution in [3.05, 3.63) is 0 Å². The molecule has 54 valence electrons. The third-order valence-electron chi connectivity index (χ3n) is 0.781. The molecule has 0 rings (SSSR count). The number of rotatable bonds is 3. The Morgan fingerprint density at radius 3 is 1.75 bits per heavy atom. The molecule has 0 saturated carbocycles. The minimum Gasteiger partial charge on any atom is -1.00 e. The maximum atomic E-state index is 2.31. The van der Waals surface area contributed by atoms with Crippen LogP contribution < -0.4 is 53.3 Å². The lowest BCUT2D eigenvalue weighted by Gasteiger charge is -1.88. The molecule has 0 heterocycles. The minimum absolute atomic E-state index is 0. The van der Waals surface area contributed by atoms with E-state index in [1.807, 2.05) is 0 Å². The van der Waals surface area contributed by atoms with Gasteiger partial charge in [-0.25, -0.2) is 0 Å². The fraction of sp³-hybridized carbons (Fsp3) is 1.00. The number of halogens is 2. The smallest absolute Gasteiger partial charge is 0.0752 e. The second-order valence-electron chi connectivity index (χ2n) is 1.49. The van der Waals surface area contributed by atoms with Crippen molar-refractivity contribution < 1.29 is 53.3 Å². The maximum Gasteiger partial charge on any atom is 0.0752 e. The van der Waals surface area contributed by atoms with Gasteiger partial charge in [-0.15, -0.1) is 0 Å². The lowest BCUT2D eigenvalue weighted by Crippen LogP contribution is -3.00. The molecule has 0 spiro atoms. The largest absolute Gasteiger partial charge is 1.00 e. The Balaban J connectivity index is -0.000000125. The molecule has 0 radical (unpaired) electrons. The number of hydrogen-bond donors (Lipinski definition) is 1. The molecule has 8 heavy (non-hydrogen) atoms. The van der Waals surface area contributed by atoms with E-state index in [1.165, 1.54) is 19.5 Å². The molecule has 0 aromatic rings. The van der Waals surface area contributed by atoms with Crippen molar-refractivity contribution in [2.75, 3.05) is 13.1 Å². The van der Waals surface area contributed by atoms with Crippen molar-refractivity contribution in [3.63, 3.8) is 0 Å². The topological polar surface area (TPSA) is 16.6 Å². The van der Waals surface area contributed by atoms with E-state index in [4.69, 9.17) is 0 Å². The molecule has 0 bridgehead atoms. The van der Waals surface area contributed by atoms with E-state index in [-0.39, 0.29) is 48.0 Å². The van der Waals surface area contributed by atoms with Crippen LogP contribution in [0.4, 0.5) is 0 Å². The van der Waals surface area contributed by atoms with Crippen molar-refractivity contribution in [1.82, 2.24) is 0 Å². The summed E-state index contributed by atoms with van der Waals surface area (Å²) in [5.41, 5.74) is 0. The van der Waals surface area contributed by atoms with E-state index in [9.17, 15) is 0 Å². The third-order valence-corrected chi connectivity index (χ3v) is 0.781. The molecular formula is C5H14I2N-. The number of quaternary nitrogens is 1. The van der Waals surface area contributed by atoms with Crippen molar-refractivity contribution in [2.24, 2.45) is 0 Å². The monoisotopic (exact) mass is 342 g/mol. The van der Waals surface area contributed by atoms with E-state index in [0.29, 0.717) is 0 Å². The van der Waals surface area contributed by atoms with Gasteiger partial charge in [0, 0.05) is 0 Å². The first-order valence-corrected chi connectivity index (χ1v) is 2.73. The van der Waals surface area contributed by atoms with Gasteiger partial charge in [-0.05, 0) is 13.3 Å². The predicted octanol–water partition coefficient (Wildman–Crippen LogP) is -6.01. The van der Waals surface area contributed by atoms with Crippen molar-refractivity contribution in [3.8, 4) is 0 Å². The van der Waals surface area contributed by atoms with Gasteiger partial charge < -0.3 is 53.3 Å². The molecular weight excluding hydrogens is 328 g/mol. The van der Waals surface area contributed by atoms with Crippen LogP contribution >= 0.6 is 0 Å². The predicted molar refractivity (Wildman–Crippen MR) is 27.6 cm³/mol. The summed E-state index contributed by atoms with van der Waals surface area (Å²) in [6.45, 7) is 6.90. The third kappa shape index (κ3) is 15.7. The molecule has 0 amide bonds. The fourth-order valence-electron chi connectivity index (χ4n) is 0.408. The lowest BCUT2D eigenvalue weighted by molar-refractivity contribution is -0.651. The van der Waals surface area contributed by atoms with Crippen LogP contribution in [0.5, 0.6) is 0 Å². The maximum absolute atomic E-state index is 2.31. The van der Waals surface area contributed by atoms with Gasteiger partial charge in [0.2, 0.25) is 0 Å². The minimum atomic E-state index is 0. The van der Waals surface area contributed by atoms with Crippen LogP contribution in [-0.4, -0.2) is 13.1 Å². The first kappa shape index (κ1) is 16.2. The molecule has 0 atom stereocenters. The summed E-state index contributed by atoms with van der Waals surface area (Å²) >= 11 is 0. The van der Waals surface area contributed by atoms with Crippen molar-refractivity contribution in [2.45, 2.75) is 20.3 Å². The standard InChI is InChI=1S/C5H13N.2HI/c1-3-5-6-4-2;;/h6H,3-5H2,1-2H3;2*1H/p-1. The zero-order valence-corrected chi connectivity index (χ0v) is 9.77. The summed E-state index contributed by atoms with van der Waals surface area (Å²) < 4.78 is 0. The van der Waals surface area contributed by atoms with Crippen LogP contribution in [0.1, 0.15) is 20.3 Å². The van der Waals surface area contributed by atoms with Crippen LogP contribution in [0, 0.1) is 0 Å².